The van der Waals surface area contributed by atoms with Gasteiger partial charge in [0.05, 0.1) is 20.0 Å². The number of thioether (sulfide) groups is 2. The Labute approximate surface area is 364 Å². The van der Waals surface area contributed by atoms with Crippen LogP contribution in [0.3, 0.4) is 0 Å². The van der Waals surface area contributed by atoms with Gasteiger partial charge in [0, 0.05) is 97.0 Å². The smallest absolute Gasteiger partial charge is 0.235 e. The summed E-state index contributed by atoms with van der Waals surface area (Å²) in [6.45, 7) is 18.7. The molecule has 3 aliphatic rings. The van der Waals surface area contributed by atoms with Crippen molar-refractivity contribution in [2.24, 2.45) is 5.92 Å². The van der Waals surface area contributed by atoms with Crippen LogP contribution in [0.25, 0.3) is 0 Å². The van der Waals surface area contributed by atoms with Gasteiger partial charge < -0.3 is 9.47 Å². The lowest BCUT2D eigenvalue weighted by atomic mass is 9.91. The van der Waals surface area contributed by atoms with Crippen molar-refractivity contribution in [3.05, 3.63) is 108 Å². The Hall–Kier alpha value is -2.41. The first-order valence-electron chi connectivity index (χ1n) is 18.6. The summed E-state index contributed by atoms with van der Waals surface area (Å²) in [6.07, 6.45) is 6.25. The summed E-state index contributed by atoms with van der Waals surface area (Å²) in [6, 6.07) is 22.4. The van der Waals surface area contributed by atoms with E-state index in [9.17, 15) is 16.8 Å². The molecule has 1 saturated heterocycles. The summed E-state index contributed by atoms with van der Waals surface area (Å²) >= 11 is 11.6. The lowest BCUT2D eigenvalue weighted by Crippen LogP contribution is -2.33. The van der Waals surface area contributed by atoms with Gasteiger partial charge in [0.25, 0.3) is 0 Å². The average Bonchev–Trinajstić information content (AvgIpc) is 3.57. The van der Waals surface area contributed by atoms with Crippen LogP contribution in [-0.4, -0.2) is 94.4 Å². The summed E-state index contributed by atoms with van der Waals surface area (Å²) in [5.74, 6) is 4.14. The Morgan fingerprint density at radius 3 is 1.77 bits per heavy atom. The third-order valence-electron chi connectivity index (χ3n) is 8.93. The van der Waals surface area contributed by atoms with E-state index in [0.717, 1.165) is 77.2 Å². The van der Waals surface area contributed by atoms with Crippen molar-refractivity contribution in [2.45, 2.75) is 62.4 Å². The molecule has 0 unspecified atom stereocenters. The molecule has 9 nitrogen and oxygen atoms in total. The van der Waals surface area contributed by atoms with Crippen molar-refractivity contribution in [3.63, 3.8) is 0 Å². The number of hydrogen-bond acceptors (Lipinski definition) is 10. The van der Waals surface area contributed by atoms with E-state index in [1.165, 1.54) is 29.1 Å². The zero-order valence-corrected chi connectivity index (χ0v) is 39.3. The number of nitrogens with zero attached hydrogens (tertiary/aromatic N) is 3. The summed E-state index contributed by atoms with van der Waals surface area (Å²) in [7, 11) is -2.36. The molecule has 3 aromatic rings. The van der Waals surface area contributed by atoms with E-state index in [4.69, 9.17) is 9.47 Å². The Morgan fingerprint density at radius 1 is 0.842 bits per heavy atom. The summed E-state index contributed by atoms with van der Waals surface area (Å²) in [5, 5.41) is 1.00. The molecule has 0 N–H and O–H groups in total. The van der Waals surface area contributed by atoms with Crippen molar-refractivity contribution in [2.75, 3.05) is 57.7 Å². The monoisotopic (exact) mass is 912 g/mol. The fourth-order valence-corrected chi connectivity index (χ4v) is 10.6. The first-order valence-corrected chi connectivity index (χ1v) is 26.3. The highest BCUT2D eigenvalue weighted by molar-refractivity contribution is 8.37. The summed E-state index contributed by atoms with van der Waals surface area (Å²) in [5.41, 5.74) is 3.49. The van der Waals surface area contributed by atoms with Crippen LogP contribution in [-0.2, 0) is 70.8 Å². The van der Waals surface area contributed by atoms with Crippen molar-refractivity contribution < 1.29 is 30.9 Å². The molecule has 1 fully saturated rings. The molecule has 6 rings (SSSR count). The van der Waals surface area contributed by atoms with Gasteiger partial charge in [-0.25, -0.2) is 21.4 Å². The van der Waals surface area contributed by atoms with Gasteiger partial charge in [-0.15, -0.1) is 30.1 Å². The topological polar surface area (TPSA) is 96.2 Å². The Bertz CT molecular complexity index is 1960. The quantitative estimate of drug-likeness (QED) is 0.156. The molecular weight excluding hydrogens is 855 g/mol. The molecular formula is C41H58N3O6S7+. The largest absolute Gasteiger partial charge is 0.497 e. The number of hydrogen-bond donors (Lipinski definition) is 0. The van der Waals surface area contributed by atoms with Gasteiger partial charge in [0.2, 0.25) is 20.0 Å². The Kier molecular flexibility index (Phi) is 24.4. The molecule has 3 aromatic carbocycles. The van der Waals surface area contributed by atoms with Crippen molar-refractivity contribution in [1.82, 2.24) is 8.61 Å². The van der Waals surface area contributed by atoms with Gasteiger partial charge in [0.1, 0.15) is 31.3 Å². The number of allylic oxidation sites excluding steroid dienone is 1. The van der Waals surface area contributed by atoms with Crippen LogP contribution < -0.4 is 9.47 Å². The molecule has 3 aliphatic heterocycles. The summed E-state index contributed by atoms with van der Waals surface area (Å²) < 4.78 is 63.7. The van der Waals surface area contributed by atoms with Crippen LogP contribution >= 0.6 is 23.5 Å². The lowest BCUT2D eigenvalue weighted by molar-refractivity contribution is -0.532. The lowest BCUT2D eigenvalue weighted by Gasteiger charge is -2.19. The second kappa shape index (κ2) is 27.4. The van der Waals surface area contributed by atoms with E-state index < -0.39 is 20.0 Å². The van der Waals surface area contributed by atoms with Gasteiger partial charge in [-0.2, -0.15) is 8.61 Å². The molecule has 0 saturated carbocycles. The number of fused-ring (bicyclic) bond motifs is 2. The number of rotatable bonds is 9. The second-order valence-corrected chi connectivity index (χ2v) is 21.1. The molecule has 314 valence electrons. The molecule has 3 heterocycles. The molecule has 0 atom stereocenters. The van der Waals surface area contributed by atoms with E-state index in [-0.39, 0.29) is 5.75 Å². The molecule has 0 amide bonds. The second-order valence-electron chi connectivity index (χ2n) is 13.1. The predicted molar refractivity (Wildman–Crippen MR) is 249 cm³/mol. The Balaban J connectivity index is 0.000000278. The minimum Gasteiger partial charge on any atom is -0.497 e. The fraction of sp³-hybridized carbons (Fsp3) is 0.439. The van der Waals surface area contributed by atoms with Crippen LogP contribution in [0.1, 0.15) is 49.8 Å². The van der Waals surface area contributed by atoms with Crippen LogP contribution in [0.4, 0.5) is 0 Å². The van der Waals surface area contributed by atoms with Crippen LogP contribution in [0.15, 0.2) is 101 Å². The van der Waals surface area contributed by atoms with Crippen molar-refractivity contribution >= 4 is 81.5 Å². The minimum atomic E-state index is -3.36. The van der Waals surface area contributed by atoms with Gasteiger partial charge in [-0.3, -0.25) is 0 Å². The Morgan fingerprint density at radius 2 is 1.32 bits per heavy atom. The highest BCUT2D eigenvalue weighted by atomic mass is 33.1. The fourth-order valence-electron chi connectivity index (χ4n) is 6.03. The van der Waals surface area contributed by atoms with E-state index in [0.29, 0.717) is 32.6 Å². The maximum absolute atomic E-state index is 12.2. The standard InChI is InChI=1S/C13H19NO3S2.C13H18N.C12H15NO3S2.C3H6.S3/c1-3-8-19(15,16)14-6-7-18-13-5-4-12(17-2)9-11(13)10-14;1-14-9-7-13(8-10-14)11-12-5-3-2-4-6-12;1-3-18(14,15)13-6-7-17-12-5-4-11(16-2)8-10(12)9-13;2*1-3-2/h4-5,9H,3,6-8,10H2,1-2H3;2-6,13H,1,7-11H2;3-5,8H,1,6-7,9H2,2H3;3H,1H2,2H3;/q;+1;;;. The third kappa shape index (κ3) is 18.2. The predicted octanol–water partition coefficient (Wildman–Crippen LogP) is 7.96. The highest BCUT2D eigenvalue weighted by Crippen LogP contribution is 2.32. The van der Waals surface area contributed by atoms with Crippen LogP contribution in [0.5, 0.6) is 11.5 Å². The maximum Gasteiger partial charge on any atom is 0.235 e. The number of sulfonamides is 2. The van der Waals surface area contributed by atoms with Gasteiger partial charge in [0.15, 0.2) is 0 Å². The normalized spacial score (nSPS) is 15.8. The van der Waals surface area contributed by atoms with Crippen LogP contribution in [0.2, 0.25) is 0 Å². The van der Waals surface area contributed by atoms with E-state index in [1.807, 2.05) is 50.2 Å². The number of ether oxygens (including phenoxy) is 2. The number of piperidine rings is 1. The van der Waals surface area contributed by atoms with E-state index >= 15 is 0 Å². The van der Waals surface area contributed by atoms with Gasteiger partial charge in [-0.05, 0) is 78.8 Å². The molecule has 0 spiro atoms. The SMILES string of the molecule is C=CC.C=CS(=O)(=O)N1CCSc2ccc(OC)cc2C1.C=[N+]1CCC(Cc2ccccc2)CC1.CCCS(=O)(=O)N1CCSc2ccc(OC)cc2C1.S=S=S. The highest BCUT2D eigenvalue weighted by Gasteiger charge is 2.26. The average molecular weight is 913 g/mol. The van der Waals surface area contributed by atoms with E-state index in [2.05, 4.69) is 77.2 Å². The first kappa shape index (κ1) is 50.7. The maximum atomic E-state index is 12.2. The zero-order chi connectivity index (χ0) is 42.3. The van der Waals surface area contributed by atoms with E-state index in [1.54, 1.807) is 48.1 Å². The molecule has 0 aliphatic carbocycles. The zero-order valence-electron chi connectivity index (χ0n) is 33.5. The molecule has 57 heavy (non-hydrogen) atoms. The van der Waals surface area contributed by atoms with Crippen LogP contribution in [0, 0.1) is 5.92 Å². The molecule has 0 aromatic heterocycles. The van der Waals surface area contributed by atoms with Crippen molar-refractivity contribution in [3.8, 4) is 11.5 Å². The number of methoxy groups -OCH3 is 2. The van der Waals surface area contributed by atoms with Gasteiger partial charge >= 0.3 is 0 Å². The third-order valence-corrected chi connectivity index (χ3v) is 14.6. The molecule has 0 bridgehead atoms. The molecule has 16 heteroatoms. The molecule has 0 radical (unpaired) electrons. The number of benzene rings is 3. The van der Waals surface area contributed by atoms with Gasteiger partial charge in [-0.1, -0.05) is 49.9 Å². The van der Waals surface area contributed by atoms with Crippen molar-refractivity contribution in [1.29, 1.82) is 0 Å². The first-order chi connectivity index (χ1) is 27.3. The summed E-state index contributed by atoms with van der Waals surface area (Å²) in [4.78, 5) is 2.26. The minimum absolute atomic E-state index is 0.219.